The van der Waals surface area contributed by atoms with Crippen LogP contribution >= 0.6 is 0 Å². The normalized spacial score (nSPS) is 27.7. The van der Waals surface area contributed by atoms with Crippen molar-refractivity contribution in [3.05, 3.63) is 12.2 Å². The summed E-state index contributed by atoms with van der Waals surface area (Å²) in [6.07, 6.45) is 8.19. The lowest BCUT2D eigenvalue weighted by Gasteiger charge is -2.37. The van der Waals surface area contributed by atoms with Crippen molar-refractivity contribution < 1.29 is 0 Å². The van der Waals surface area contributed by atoms with Crippen LogP contribution in [0.5, 0.6) is 0 Å². The molecule has 0 aromatic carbocycles. The third kappa shape index (κ3) is 4.67. The van der Waals surface area contributed by atoms with Gasteiger partial charge < -0.3 is 10.2 Å². The lowest BCUT2D eigenvalue weighted by Crippen LogP contribution is -2.48. The largest absolute Gasteiger partial charge is 0.314 e. The number of hydrogen-bond acceptors (Lipinski definition) is 2. The lowest BCUT2D eigenvalue weighted by molar-refractivity contribution is 0.149. The van der Waals surface area contributed by atoms with Crippen LogP contribution in [0.3, 0.4) is 0 Å². The zero-order chi connectivity index (χ0) is 11.8. The SMILES string of the molecule is C/C=C/CCN1CCC(NCCC)C(C)C1. The topological polar surface area (TPSA) is 15.3 Å². The first-order valence-electron chi connectivity index (χ1n) is 6.84. The Morgan fingerprint density at radius 1 is 1.44 bits per heavy atom. The van der Waals surface area contributed by atoms with Gasteiger partial charge in [-0.3, -0.25) is 0 Å². The van der Waals surface area contributed by atoms with Crippen molar-refractivity contribution in [2.45, 2.75) is 46.1 Å². The molecule has 1 saturated heterocycles. The molecule has 1 aliphatic rings. The number of nitrogens with zero attached hydrogens (tertiary/aromatic N) is 1. The van der Waals surface area contributed by atoms with Gasteiger partial charge >= 0.3 is 0 Å². The van der Waals surface area contributed by atoms with Gasteiger partial charge in [0.05, 0.1) is 0 Å². The average Bonchev–Trinajstić information content (AvgIpc) is 2.28. The molecule has 94 valence electrons. The highest BCUT2D eigenvalue weighted by Crippen LogP contribution is 2.16. The second-order valence-electron chi connectivity index (χ2n) is 4.98. The predicted molar refractivity (Wildman–Crippen MR) is 71.7 cm³/mol. The minimum atomic E-state index is 0.748. The van der Waals surface area contributed by atoms with Gasteiger partial charge in [0, 0.05) is 19.1 Å². The van der Waals surface area contributed by atoms with Crippen LogP contribution in [0.15, 0.2) is 12.2 Å². The molecule has 2 atom stereocenters. The van der Waals surface area contributed by atoms with Crippen molar-refractivity contribution >= 4 is 0 Å². The molecule has 2 heteroatoms. The molecular formula is C14H28N2. The maximum absolute atomic E-state index is 3.67. The summed E-state index contributed by atoms with van der Waals surface area (Å²) >= 11 is 0. The van der Waals surface area contributed by atoms with E-state index in [0.717, 1.165) is 12.0 Å². The van der Waals surface area contributed by atoms with Crippen molar-refractivity contribution in [2.24, 2.45) is 5.92 Å². The van der Waals surface area contributed by atoms with Crippen LogP contribution < -0.4 is 5.32 Å². The first kappa shape index (κ1) is 13.7. The molecule has 0 amide bonds. The molecule has 0 spiro atoms. The highest BCUT2D eigenvalue weighted by atomic mass is 15.1. The van der Waals surface area contributed by atoms with Crippen LogP contribution in [0.4, 0.5) is 0 Å². The van der Waals surface area contributed by atoms with Gasteiger partial charge in [0.1, 0.15) is 0 Å². The van der Waals surface area contributed by atoms with Gasteiger partial charge in [0.15, 0.2) is 0 Å². The zero-order valence-corrected chi connectivity index (χ0v) is 11.2. The van der Waals surface area contributed by atoms with Crippen molar-refractivity contribution in [3.8, 4) is 0 Å². The molecule has 1 N–H and O–H groups in total. The van der Waals surface area contributed by atoms with Gasteiger partial charge in [0.2, 0.25) is 0 Å². The Kier molecular flexibility index (Phi) is 6.74. The lowest BCUT2D eigenvalue weighted by atomic mass is 9.93. The van der Waals surface area contributed by atoms with Crippen molar-refractivity contribution in [1.82, 2.24) is 10.2 Å². The fraction of sp³-hybridized carbons (Fsp3) is 0.857. The quantitative estimate of drug-likeness (QED) is 0.698. The summed E-state index contributed by atoms with van der Waals surface area (Å²) in [5.74, 6) is 0.797. The van der Waals surface area contributed by atoms with E-state index in [9.17, 15) is 0 Å². The number of piperidine rings is 1. The summed E-state index contributed by atoms with van der Waals surface area (Å²) in [6, 6.07) is 0.748. The van der Waals surface area contributed by atoms with Gasteiger partial charge in [-0.2, -0.15) is 0 Å². The summed E-state index contributed by atoms with van der Waals surface area (Å²) in [7, 11) is 0. The molecule has 0 aliphatic carbocycles. The third-order valence-electron chi connectivity index (χ3n) is 3.49. The van der Waals surface area contributed by atoms with Crippen LogP contribution in [0, 0.1) is 5.92 Å². The van der Waals surface area contributed by atoms with Gasteiger partial charge in [-0.1, -0.05) is 26.0 Å². The smallest absolute Gasteiger partial charge is 0.0117 e. The standard InChI is InChI=1S/C14H28N2/c1-4-6-7-10-16-11-8-14(13(3)12-16)15-9-5-2/h4,6,13-15H,5,7-12H2,1-3H3/b6-4+. The van der Waals surface area contributed by atoms with E-state index in [2.05, 4.69) is 43.1 Å². The van der Waals surface area contributed by atoms with Crippen LogP contribution in [-0.2, 0) is 0 Å². The van der Waals surface area contributed by atoms with Crippen molar-refractivity contribution in [2.75, 3.05) is 26.2 Å². The minimum absolute atomic E-state index is 0.748. The van der Waals surface area contributed by atoms with E-state index in [1.165, 1.54) is 45.4 Å². The van der Waals surface area contributed by atoms with E-state index in [1.807, 2.05) is 0 Å². The first-order chi connectivity index (χ1) is 7.77. The van der Waals surface area contributed by atoms with E-state index in [4.69, 9.17) is 0 Å². The molecule has 16 heavy (non-hydrogen) atoms. The van der Waals surface area contributed by atoms with Gasteiger partial charge in [-0.25, -0.2) is 0 Å². The number of likely N-dealkylation sites (tertiary alicyclic amines) is 1. The Morgan fingerprint density at radius 3 is 2.88 bits per heavy atom. The van der Waals surface area contributed by atoms with E-state index in [0.29, 0.717) is 0 Å². The van der Waals surface area contributed by atoms with E-state index in [1.54, 1.807) is 0 Å². The maximum atomic E-state index is 3.67. The van der Waals surface area contributed by atoms with E-state index in [-0.39, 0.29) is 0 Å². The fourth-order valence-electron chi connectivity index (χ4n) is 2.49. The highest BCUT2D eigenvalue weighted by Gasteiger charge is 2.24. The Balaban J connectivity index is 2.22. The molecule has 1 fully saturated rings. The van der Waals surface area contributed by atoms with Crippen molar-refractivity contribution in [3.63, 3.8) is 0 Å². The molecule has 1 heterocycles. The van der Waals surface area contributed by atoms with E-state index < -0.39 is 0 Å². The van der Waals surface area contributed by atoms with Gasteiger partial charge in [0.25, 0.3) is 0 Å². The second kappa shape index (κ2) is 7.86. The van der Waals surface area contributed by atoms with Gasteiger partial charge in [-0.15, -0.1) is 0 Å². The Labute approximate surface area is 101 Å². The highest BCUT2D eigenvalue weighted by molar-refractivity contribution is 4.85. The van der Waals surface area contributed by atoms with Crippen molar-refractivity contribution in [1.29, 1.82) is 0 Å². The summed E-state index contributed by atoms with van der Waals surface area (Å²) < 4.78 is 0. The van der Waals surface area contributed by atoms with Crippen LogP contribution in [0.2, 0.25) is 0 Å². The van der Waals surface area contributed by atoms with Crippen LogP contribution in [0.25, 0.3) is 0 Å². The molecular weight excluding hydrogens is 196 g/mol. The Hall–Kier alpha value is -0.340. The number of hydrogen-bond donors (Lipinski definition) is 1. The number of allylic oxidation sites excluding steroid dienone is 1. The second-order valence-corrected chi connectivity index (χ2v) is 4.98. The maximum Gasteiger partial charge on any atom is 0.0117 e. The summed E-state index contributed by atoms with van der Waals surface area (Å²) in [4.78, 5) is 2.61. The Bertz CT molecular complexity index is 201. The molecule has 0 bridgehead atoms. The molecule has 0 aromatic heterocycles. The number of nitrogens with one attached hydrogen (secondary N) is 1. The average molecular weight is 224 g/mol. The monoisotopic (exact) mass is 224 g/mol. The summed E-state index contributed by atoms with van der Waals surface area (Å²) in [5, 5.41) is 3.67. The molecule has 1 aliphatic heterocycles. The Morgan fingerprint density at radius 2 is 2.25 bits per heavy atom. The molecule has 0 radical (unpaired) electrons. The van der Waals surface area contributed by atoms with Crippen LogP contribution in [-0.4, -0.2) is 37.1 Å². The molecule has 0 aromatic rings. The first-order valence-corrected chi connectivity index (χ1v) is 6.84. The number of rotatable bonds is 6. The molecule has 0 saturated carbocycles. The zero-order valence-electron chi connectivity index (χ0n) is 11.2. The molecule has 1 rings (SSSR count). The molecule has 2 unspecified atom stereocenters. The van der Waals surface area contributed by atoms with E-state index >= 15 is 0 Å². The third-order valence-corrected chi connectivity index (χ3v) is 3.49. The van der Waals surface area contributed by atoms with Crippen LogP contribution in [0.1, 0.15) is 40.0 Å². The fourth-order valence-corrected chi connectivity index (χ4v) is 2.49. The minimum Gasteiger partial charge on any atom is -0.314 e. The molecule has 2 nitrogen and oxygen atoms in total. The summed E-state index contributed by atoms with van der Waals surface area (Å²) in [6.45, 7) is 11.7. The van der Waals surface area contributed by atoms with Gasteiger partial charge in [-0.05, 0) is 45.2 Å². The predicted octanol–water partition coefficient (Wildman–Crippen LogP) is 2.66. The summed E-state index contributed by atoms with van der Waals surface area (Å²) in [5.41, 5.74) is 0.